The Balaban J connectivity index is 2.08. The zero-order valence-electron chi connectivity index (χ0n) is 6.86. The maximum absolute atomic E-state index is 4.00. The molecule has 0 amide bonds. The fraction of sp³-hybridized carbons (Fsp3) is 0.444. The third-order valence-corrected chi connectivity index (χ3v) is 3.24. The molecule has 2 nitrogen and oxygen atoms in total. The summed E-state index contributed by atoms with van der Waals surface area (Å²) in [6, 6.07) is 4.16. The molecule has 1 aromatic rings. The van der Waals surface area contributed by atoms with Crippen LogP contribution in [0.5, 0.6) is 0 Å². The number of hydrogen-bond acceptors (Lipinski definition) is 3. The van der Waals surface area contributed by atoms with Crippen molar-refractivity contribution in [2.45, 2.75) is 11.8 Å². The molecule has 0 spiro atoms. The number of rotatable bonds is 1. The number of nitrogens with one attached hydrogen (secondary N) is 1. The van der Waals surface area contributed by atoms with E-state index in [4.69, 9.17) is 0 Å². The zero-order valence-corrected chi connectivity index (χ0v) is 7.68. The molecule has 1 unspecified atom stereocenters. The Labute approximate surface area is 76.8 Å². The van der Waals surface area contributed by atoms with Gasteiger partial charge >= 0.3 is 0 Å². The SMILES string of the molecule is c1cc(C2NCCCS2)ccn1. The van der Waals surface area contributed by atoms with Crippen molar-refractivity contribution < 1.29 is 0 Å². The van der Waals surface area contributed by atoms with E-state index in [9.17, 15) is 0 Å². The molecule has 64 valence electrons. The Morgan fingerprint density at radius 2 is 2.25 bits per heavy atom. The molecule has 1 fully saturated rings. The molecule has 12 heavy (non-hydrogen) atoms. The highest BCUT2D eigenvalue weighted by molar-refractivity contribution is 7.99. The lowest BCUT2D eigenvalue weighted by Gasteiger charge is -2.22. The number of pyridine rings is 1. The monoisotopic (exact) mass is 180 g/mol. The normalized spacial score (nSPS) is 23.8. The second-order valence-corrected chi connectivity index (χ2v) is 4.05. The third kappa shape index (κ3) is 1.79. The van der Waals surface area contributed by atoms with Crippen LogP contribution in [-0.2, 0) is 0 Å². The van der Waals surface area contributed by atoms with Gasteiger partial charge in [-0.05, 0) is 36.4 Å². The van der Waals surface area contributed by atoms with Gasteiger partial charge in [0.25, 0.3) is 0 Å². The molecule has 1 aliphatic heterocycles. The Hall–Kier alpha value is -0.540. The van der Waals surface area contributed by atoms with E-state index in [0.717, 1.165) is 6.54 Å². The summed E-state index contributed by atoms with van der Waals surface area (Å²) in [5.74, 6) is 1.26. The Morgan fingerprint density at radius 3 is 2.92 bits per heavy atom. The van der Waals surface area contributed by atoms with Gasteiger partial charge in [0.15, 0.2) is 0 Å². The van der Waals surface area contributed by atoms with Crippen molar-refractivity contribution in [3.8, 4) is 0 Å². The van der Waals surface area contributed by atoms with Gasteiger partial charge in [0.2, 0.25) is 0 Å². The van der Waals surface area contributed by atoms with Crippen LogP contribution in [0.25, 0.3) is 0 Å². The van der Waals surface area contributed by atoms with Gasteiger partial charge in [-0.3, -0.25) is 4.98 Å². The van der Waals surface area contributed by atoms with E-state index in [0.29, 0.717) is 5.37 Å². The number of hydrogen-bond donors (Lipinski definition) is 1. The minimum Gasteiger partial charge on any atom is -0.302 e. The summed E-state index contributed by atoms with van der Waals surface area (Å²) >= 11 is 1.98. The van der Waals surface area contributed by atoms with E-state index in [-0.39, 0.29) is 0 Å². The summed E-state index contributed by atoms with van der Waals surface area (Å²) in [4.78, 5) is 4.00. The minimum absolute atomic E-state index is 0.488. The molecule has 1 aliphatic rings. The Bertz CT molecular complexity index is 232. The minimum atomic E-state index is 0.488. The molecule has 0 aliphatic carbocycles. The van der Waals surface area contributed by atoms with Crippen molar-refractivity contribution in [3.05, 3.63) is 30.1 Å². The Kier molecular flexibility index (Phi) is 2.64. The lowest BCUT2D eigenvalue weighted by atomic mass is 10.2. The molecule has 2 heterocycles. The molecule has 2 rings (SSSR count). The van der Waals surface area contributed by atoms with E-state index in [1.165, 1.54) is 17.7 Å². The highest BCUT2D eigenvalue weighted by atomic mass is 32.2. The molecule has 0 aromatic carbocycles. The first-order valence-electron chi connectivity index (χ1n) is 4.22. The number of aromatic nitrogens is 1. The molecule has 1 aromatic heterocycles. The first-order chi connectivity index (χ1) is 5.97. The zero-order chi connectivity index (χ0) is 8.23. The van der Waals surface area contributed by atoms with Gasteiger partial charge in [0.05, 0.1) is 5.37 Å². The van der Waals surface area contributed by atoms with Crippen LogP contribution in [0.3, 0.4) is 0 Å². The predicted molar refractivity (Wildman–Crippen MR) is 52.1 cm³/mol. The lowest BCUT2D eigenvalue weighted by Crippen LogP contribution is -2.25. The van der Waals surface area contributed by atoms with Crippen molar-refractivity contribution in [2.75, 3.05) is 12.3 Å². The van der Waals surface area contributed by atoms with Gasteiger partial charge in [0.1, 0.15) is 0 Å². The predicted octanol–water partition coefficient (Wildman–Crippen LogP) is 1.81. The van der Waals surface area contributed by atoms with Crippen LogP contribution < -0.4 is 5.32 Å². The summed E-state index contributed by atoms with van der Waals surface area (Å²) in [6.45, 7) is 1.14. The first kappa shape index (κ1) is 8.08. The molecule has 0 saturated carbocycles. The molecule has 1 saturated heterocycles. The molecular weight excluding hydrogens is 168 g/mol. The highest BCUT2D eigenvalue weighted by Crippen LogP contribution is 2.28. The van der Waals surface area contributed by atoms with Gasteiger partial charge in [-0.2, -0.15) is 0 Å². The molecular formula is C9H12N2S. The second kappa shape index (κ2) is 3.92. The van der Waals surface area contributed by atoms with Crippen LogP contribution in [0.2, 0.25) is 0 Å². The molecule has 1 N–H and O–H groups in total. The molecule has 0 bridgehead atoms. The average Bonchev–Trinajstić information content (AvgIpc) is 2.21. The molecule has 3 heteroatoms. The maximum atomic E-state index is 4.00. The van der Waals surface area contributed by atoms with Gasteiger partial charge in [0, 0.05) is 12.4 Å². The standard InChI is InChI=1S/C9H12N2S/c1-4-11-9(12-7-1)8-2-5-10-6-3-8/h2-3,5-6,9,11H,1,4,7H2. The highest BCUT2D eigenvalue weighted by Gasteiger charge is 2.13. The van der Waals surface area contributed by atoms with Crippen LogP contribution >= 0.6 is 11.8 Å². The average molecular weight is 180 g/mol. The van der Waals surface area contributed by atoms with Crippen molar-refractivity contribution in [1.29, 1.82) is 0 Å². The van der Waals surface area contributed by atoms with Crippen LogP contribution in [0.15, 0.2) is 24.5 Å². The van der Waals surface area contributed by atoms with Gasteiger partial charge < -0.3 is 5.32 Å². The summed E-state index contributed by atoms with van der Waals surface area (Å²) in [6.07, 6.45) is 4.99. The fourth-order valence-electron chi connectivity index (χ4n) is 1.32. The van der Waals surface area contributed by atoms with Crippen molar-refractivity contribution in [1.82, 2.24) is 10.3 Å². The molecule has 0 radical (unpaired) electrons. The largest absolute Gasteiger partial charge is 0.302 e. The van der Waals surface area contributed by atoms with E-state index in [1.54, 1.807) is 0 Å². The summed E-state index contributed by atoms with van der Waals surface area (Å²) < 4.78 is 0. The third-order valence-electron chi connectivity index (χ3n) is 1.94. The summed E-state index contributed by atoms with van der Waals surface area (Å²) in [7, 11) is 0. The van der Waals surface area contributed by atoms with E-state index in [1.807, 2.05) is 24.2 Å². The number of nitrogens with zero attached hydrogens (tertiary/aromatic N) is 1. The van der Waals surface area contributed by atoms with Crippen molar-refractivity contribution in [2.24, 2.45) is 0 Å². The van der Waals surface area contributed by atoms with Gasteiger partial charge in [-0.25, -0.2) is 0 Å². The summed E-state index contributed by atoms with van der Waals surface area (Å²) in [5.41, 5.74) is 1.34. The smallest absolute Gasteiger partial charge is 0.0790 e. The van der Waals surface area contributed by atoms with E-state index >= 15 is 0 Å². The fourth-order valence-corrected chi connectivity index (χ4v) is 2.45. The Morgan fingerprint density at radius 1 is 1.42 bits per heavy atom. The van der Waals surface area contributed by atoms with Crippen molar-refractivity contribution >= 4 is 11.8 Å². The first-order valence-corrected chi connectivity index (χ1v) is 5.26. The van der Waals surface area contributed by atoms with Gasteiger partial charge in [-0.1, -0.05) is 0 Å². The molecule has 1 atom stereocenters. The van der Waals surface area contributed by atoms with Crippen LogP contribution in [-0.4, -0.2) is 17.3 Å². The van der Waals surface area contributed by atoms with Gasteiger partial charge in [-0.15, -0.1) is 11.8 Å². The van der Waals surface area contributed by atoms with E-state index < -0.39 is 0 Å². The van der Waals surface area contributed by atoms with E-state index in [2.05, 4.69) is 22.4 Å². The lowest BCUT2D eigenvalue weighted by molar-refractivity contribution is 0.642. The van der Waals surface area contributed by atoms with Crippen LogP contribution in [0, 0.1) is 0 Å². The summed E-state index contributed by atoms with van der Waals surface area (Å²) in [5, 5.41) is 3.96. The maximum Gasteiger partial charge on any atom is 0.0790 e. The quantitative estimate of drug-likeness (QED) is 0.713. The van der Waals surface area contributed by atoms with Crippen LogP contribution in [0.1, 0.15) is 17.4 Å². The second-order valence-electron chi connectivity index (χ2n) is 2.84. The van der Waals surface area contributed by atoms with Crippen molar-refractivity contribution in [3.63, 3.8) is 0 Å². The van der Waals surface area contributed by atoms with Crippen LogP contribution in [0.4, 0.5) is 0 Å². The number of thioether (sulfide) groups is 1. The topological polar surface area (TPSA) is 24.9 Å².